The van der Waals surface area contributed by atoms with E-state index in [1.54, 1.807) is 30.3 Å². The molecule has 0 radical (unpaired) electrons. The number of carbonyl (C=O) groups excluding carboxylic acids is 1. The number of rotatable bonds is 4. The van der Waals surface area contributed by atoms with Crippen molar-refractivity contribution in [2.24, 2.45) is 0 Å². The van der Waals surface area contributed by atoms with Gasteiger partial charge in [-0.15, -0.1) is 0 Å². The SMILES string of the molecule is O=C1CCN(S(=O)(=O)c2cccc(-n3c(=O)[nH]c4ccccc4c3=O)c2)C2=C(C=CCC2)N1CS. The van der Waals surface area contributed by atoms with Crippen LogP contribution in [0, 0.1) is 0 Å². The van der Waals surface area contributed by atoms with Gasteiger partial charge >= 0.3 is 5.69 Å². The lowest BCUT2D eigenvalue weighted by Crippen LogP contribution is -2.34. The average molecular weight is 511 g/mol. The summed E-state index contributed by atoms with van der Waals surface area (Å²) in [5.41, 5.74) is 0.356. The van der Waals surface area contributed by atoms with Gasteiger partial charge in [0.2, 0.25) is 5.91 Å². The van der Waals surface area contributed by atoms with Crippen LogP contribution in [0.3, 0.4) is 0 Å². The van der Waals surface area contributed by atoms with Gasteiger partial charge in [0.1, 0.15) is 0 Å². The second kappa shape index (κ2) is 8.90. The van der Waals surface area contributed by atoms with Crippen molar-refractivity contribution < 1.29 is 13.2 Å². The van der Waals surface area contributed by atoms with Gasteiger partial charge in [-0.1, -0.05) is 24.3 Å². The van der Waals surface area contributed by atoms with Crippen molar-refractivity contribution in [2.75, 3.05) is 12.4 Å². The molecule has 0 atom stereocenters. The van der Waals surface area contributed by atoms with Crippen LogP contribution in [0.25, 0.3) is 16.6 Å². The van der Waals surface area contributed by atoms with Gasteiger partial charge in [0, 0.05) is 13.0 Å². The van der Waals surface area contributed by atoms with E-state index in [0.29, 0.717) is 35.1 Å². The molecule has 3 aromatic rings. The van der Waals surface area contributed by atoms with E-state index in [-0.39, 0.29) is 35.3 Å². The van der Waals surface area contributed by atoms with Crippen molar-refractivity contribution in [3.63, 3.8) is 0 Å². The molecule has 0 spiro atoms. The molecule has 0 saturated carbocycles. The van der Waals surface area contributed by atoms with Crippen molar-refractivity contribution in [3.8, 4) is 5.69 Å². The van der Waals surface area contributed by atoms with E-state index < -0.39 is 21.3 Å². The number of nitrogens with one attached hydrogen (secondary N) is 1. The maximum Gasteiger partial charge on any atom is 0.333 e. The number of aromatic amines is 1. The van der Waals surface area contributed by atoms with E-state index in [1.807, 2.05) is 6.08 Å². The first-order valence-corrected chi connectivity index (χ1v) is 13.1. The van der Waals surface area contributed by atoms with Crippen LogP contribution in [0.1, 0.15) is 19.3 Å². The number of hydrogen-bond acceptors (Lipinski definition) is 6. The number of fused-ring (bicyclic) bond motifs is 1. The summed E-state index contributed by atoms with van der Waals surface area (Å²) in [5.74, 6) is -0.0706. The third-order valence-corrected chi connectivity index (χ3v) is 8.27. The maximum absolute atomic E-state index is 13.8. The topological polar surface area (TPSA) is 113 Å². The van der Waals surface area contributed by atoms with E-state index in [0.717, 1.165) is 4.57 Å². The van der Waals surface area contributed by atoms with Gasteiger partial charge < -0.3 is 9.88 Å². The van der Waals surface area contributed by atoms with Crippen LogP contribution in [-0.2, 0) is 14.8 Å². The summed E-state index contributed by atoms with van der Waals surface area (Å²) < 4.78 is 29.8. The normalized spacial score (nSPS) is 16.5. The van der Waals surface area contributed by atoms with Gasteiger partial charge in [-0.25, -0.2) is 17.8 Å². The molecule has 0 unspecified atom stereocenters. The fourth-order valence-electron chi connectivity index (χ4n) is 4.47. The fraction of sp³-hybridized carbons (Fsp3) is 0.208. The van der Waals surface area contributed by atoms with Crippen LogP contribution in [0.4, 0.5) is 0 Å². The van der Waals surface area contributed by atoms with E-state index in [9.17, 15) is 22.8 Å². The van der Waals surface area contributed by atoms with Gasteiger partial charge in [-0.3, -0.25) is 13.9 Å². The minimum atomic E-state index is -4.10. The van der Waals surface area contributed by atoms with E-state index in [1.165, 1.54) is 33.5 Å². The molecule has 2 heterocycles. The van der Waals surface area contributed by atoms with Crippen LogP contribution in [0.2, 0.25) is 0 Å². The highest BCUT2D eigenvalue weighted by atomic mass is 32.2. The van der Waals surface area contributed by atoms with Crippen LogP contribution in [-0.4, -0.2) is 45.5 Å². The van der Waals surface area contributed by atoms with Crippen molar-refractivity contribution in [2.45, 2.75) is 24.2 Å². The summed E-state index contributed by atoms with van der Waals surface area (Å²) in [4.78, 5) is 42.5. The standard InChI is InChI=1S/C24H22N4O5S2/c29-22-12-13-27(21-11-4-3-10-20(21)26(22)15-34)35(32,33)17-7-5-6-16(14-17)28-23(30)18-8-1-2-9-19(18)25-24(28)31/h1-3,5-10,14,34H,4,11-13,15H2,(H,25,31). The Hall–Kier alpha value is -3.57. The maximum atomic E-state index is 13.8. The quantitative estimate of drug-likeness (QED) is 0.524. The monoisotopic (exact) mass is 510 g/mol. The summed E-state index contributed by atoms with van der Waals surface area (Å²) in [6.07, 6.45) is 4.75. The average Bonchev–Trinajstić information content (AvgIpc) is 3.00. The number of thiol groups is 1. The van der Waals surface area contributed by atoms with E-state index >= 15 is 0 Å². The van der Waals surface area contributed by atoms with Crippen LogP contribution in [0.5, 0.6) is 0 Å². The lowest BCUT2D eigenvalue weighted by Gasteiger charge is -2.29. The highest BCUT2D eigenvalue weighted by molar-refractivity contribution is 7.89. The number of sulfonamides is 1. The number of para-hydroxylation sites is 1. The first-order chi connectivity index (χ1) is 16.8. The minimum Gasteiger partial charge on any atom is -0.306 e. The van der Waals surface area contributed by atoms with Crippen molar-refractivity contribution in [3.05, 3.63) is 92.9 Å². The zero-order chi connectivity index (χ0) is 24.7. The Morgan fingerprint density at radius 1 is 1.00 bits per heavy atom. The van der Waals surface area contributed by atoms with Crippen LogP contribution < -0.4 is 11.2 Å². The zero-order valence-electron chi connectivity index (χ0n) is 18.5. The molecule has 5 rings (SSSR count). The lowest BCUT2D eigenvalue weighted by molar-refractivity contribution is -0.127. The molecule has 2 aromatic carbocycles. The number of amides is 1. The number of allylic oxidation sites excluding steroid dienone is 3. The Morgan fingerprint density at radius 3 is 2.60 bits per heavy atom. The molecule has 1 N–H and O–H groups in total. The van der Waals surface area contributed by atoms with E-state index in [2.05, 4.69) is 17.6 Å². The van der Waals surface area contributed by atoms with Gasteiger partial charge in [-0.05, 0) is 49.2 Å². The smallest absolute Gasteiger partial charge is 0.306 e. The number of aromatic nitrogens is 2. The Labute approximate surface area is 206 Å². The predicted octanol–water partition coefficient (Wildman–Crippen LogP) is 2.35. The second-order valence-corrected chi connectivity index (χ2v) is 10.3. The van der Waals surface area contributed by atoms with Crippen LogP contribution >= 0.6 is 12.6 Å². The first-order valence-electron chi connectivity index (χ1n) is 11.0. The summed E-state index contributed by atoms with van der Waals surface area (Å²) in [7, 11) is -4.10. The number of nitrogens with zero attached hydrogens (tertiary/aromatic N) is 3. The molecule has 1 amide bonds. The Morgan fingerprint density at radius 2 is 1.80 bits per heavy atom. The number of hydrogen-bond donors (Lipinski definition) is 2. The third kappa shape index (κ3) is 3.90. The highest BCUT2D eigenvalue weighted by Gasteiger charge is 2.35. The van der Waals surface area contributed by atoms with Gasteiger partial charge in [0.15, 0.2) is 0 Å². The first kappa shape index (κ1) is 23.2. The Bertz CT molecular complexity index is 1640. The van der Waals surface area contributed by atoms with Gasteiger partial charge in [0.05, 0.1) is 38.8 Å². The molecular formula is C24H22N4O5S2. The van der Waals surface area contributed by atoms with Crippen LogP contribution in [0.15, 0.2) is 86.6 Å². The molecule has 11 heteroatoms. The molecule has 1 aliphatic carbocycles. The largest absolute Gasteiger partial charge is 0.333 e. The molecule has 180 valence electrons. The van der Waals surface area contributed by atoms with Crippen molar-refractivity contribution in [1.82, 2.24) is 18.8 Å². The molecule has 0 bridgehead atoms. The molecule has 1 aromatic heterocycles. The molecule has 9 nitrogen and oxygen atoms in total. The van der Waals surface area contributed by atoms with Gasteiger partial charge in [0.25, 0.3) is 15.6 Å². The van der Waals surface area contributed by atoms with E-state index in [4.69, 9.17) is 0 Å². The number of H-pyrrole nitrogens is 1. The summed E-state index contributed by atoms with van der Waals surface area (Å²) in [5, 5.41) is 0.307. The Kier molecular flexibility index (Phi) is 5.89. The molecule has 2 aliphatic rings. The molecule has 1 aliphatic heterocycles. The second-order valence-electron chi connectivity index (χ2n) is 8.18. The van der Waals surface area contributed by atoms with Crippen molar-refractivity contribution >= 4 is 39.5 Å². The molecular weight excluding hydrogens is 488 g/mol. The molecule has 0 fully saturated rings. The fourth-order valence-corrected chi connectivity index (χ4v) is 6.36. The summed E-state index contributed by atoms with van der Waals surface area (Å²) in [6, 6.07) is 12.3. The third-order valence-electron chi connectivity index (χ3n) is 6.15. The zero-order valence-corrected chi connectivity index (χ0v) is 20.3. The predicted molar refractivity (Wildman–Crippen MR) is 135 cm³/mol. The minimum absolute atomic E-state index is 0.00409. The highest BCUT2D eigenvalue weighted by Crippen LogP contribution is 2.33. The number of carbonyl (C=O) groups is 1. The van der Waals surface area contributed by atoms with Gasteiger partial charge in [-0.2, -0.15) is 12.6 Å². The lowest BCUT2D eigenvalue weighted by atomic mass is 10.1. The molecule has 35 heavy (non-hydrogen) atoms. The summed E-state index contributed by atoms with van der Waals surface area (Å²) in [6.45, 7) is -0.0150. The number of benzene rings is 2. The van der Waals surface area contributed by atoms with Crippen molar-refractivity contribution in [1.29, 1.82) is 0 Å². The molecule has 0 saturated heterocycles. The summed E-state index contributed by atoms with van der Waals surface area (Å²) >= 11 is 4.26. The Balaban J connectivity index is 1.64.